The summed E-state index contributed by atoms with van der Waals surface area (Å²) in [5.41, 5.74) is 5.52. The number of aliphatic hydroxyl groups is 1. The largest absolute Gasteiger partial charge is 0.394 e. The molecule has 1 aromatic carbocycles. The third kappa shape index (κ3) is 2.93. The number of thioether (sulfide) groups is 1. The molecule has 1 aromatic rings. The molecule has 60 valence electrons. The molecular formula is C8H11NOS. The maximum atomic E-state index is 8.65. The van der Waals surface area contributed by atoms with E-state index in [1.807, 2.05) is 30.3 Å². The fourth-order valence-corrected chi connectivity index (χ4v) is 1.45. The van der Waals surface area contributed by atoms with Crippen LogP contribution >= 0.6 is 11.8 Å². The molecule has 0 aliphatic heterocycles. The van der Waals surface area contributed by atoms with Crippen molar-refractivity contribution in [2.75, 3.05) is 6.61 Å². The molecule has 3 N–H and O–H groups in total. The zero-order chi connectivity index (χ0) is 8.10. The van der Waals surface area contributed by atoms with E-state index in [-0.39, 0.29) is 12.0 Å². The smallest absolute Gasteiger partial charge is 0.0789 e. The molecule has 0 saturated heterocycles. The quantitative estimate of drug-likeness (QED) is 0.525. The summed E-state index contributed by atoms with van der Waals surface area (Å²) in [4.78, 5) is 1.09. The Balaban J connectivity index is 2.51. The van der Waals surface area contributed by atoms with Gasteiger partial charge in [0.05, 0.1) is 12.0 Å². The van der Waals surface area contributed by atoms with Gasteiger partial charge >= 0.3 is 0 Å². The van der Waals surface area contributed by atoms with Gasteiger partial charge in [-0.3, -0.25) is 0 Å². The van der Waals surface area contributed by atoms with Crippen LogP contribution in [0.5, 0.6) is 0 Å². The van der Waals surface area contributed by atoms with E-state index in [0.717, 1.165) is 4.90 Å². The second-order valence-corrected chi connectivity index (χ2v) is 3.46. The van der Waals surface area contributed by atoms with Gasteiger partial charge in [0, 0.05) is 4.90 Å². The summed E-state index contributed by atoms with van der Waals surface area (Å²) in [5.74, 6) is 0. The lowest BCUT2D eigenvalue weighted by molar-refractivity contribution is 0.296. The minimum atomic E-state index is -0.211. The lowest BCUT2D eigenvalue weighted by Crippen LogP contribution is -2.19. The van der Waals surface area contributed by atoms with E-state index < -0.39 is 0 Å². The van der Waals surface area contributed by atoms with Crippen LogP contribution in [-0.4, -0.2) is 17.1 Å². The number of rotatable bonds is 3. The molecule has 0 bridgehead atoms. The molecule has 3 heteroatoms. The highest BCUT2D eigenvalue weighted by Crippen LogP contribution is 2.18. The van der Waals surface area contributed by atoms with Crippen molar-refractivity contribution < 1.29 is 5.11 Å². The minimum Gasteiger partial charge on any atom is -0.394 e. The van der Waals surface area contributed by atoms with Crippen molar-refractivity contribution in [1.82, 2.24) is 0 Å². The molecule has 1 unspecified atom stereocenters. The van der Waals surface area contributed by atoms with Crippen LogP contribution < -0.4 is 5.73 Å². The lowest BCUT2D eigenvalue weighted by Gasteiger charge is -2.06. The first-order valence-corrected chi connectivity index (χ1v) is 4.29. The summed E-state index contributed by atoms with van der Waals surface area (Å²) in [5, 5.41) is 8.44. The van der Waals surface area contributed by atoms with Gasteiger partial charge in [0.15, 0.2) is 0 Å². The van der Waals surface area contributed by atoms with Crippen LogP contribution in [0.25, 0.3) is 0 Å². The number of hydrogen-bond acceptors (Lipinski definition) is 3. The topological polar surface area (TPSA) is 46.2 Å². The summed E-state index contributed by atoms with van der Waals surface area (Å²) in [6.07, 6.45) is 0. The maximum Gasteiger partial charge on any atom is 0.0789 e. The Kier molecular flexibility index (Phi) is 3.42. The summed E-state index contributed by atoms with van der Waals surface area (Å²) < 4.78 is 0. The van der Waals surface area contributed by atoms with E-state index in [1.165, 1.54) is 11.8 Å². The molecular weight excluding hydrogens is 158 g/mol. The van der Waals surface area contributed by atoms with E-state index in [4.69, 9.17) is 10.8 Å². The van der Waals surface area contributed by atoms with Crippen molar-refractivity contribution in [2.24, 2.45) is 5.73 Å². The molecule has 0 fully saturated rings. The first kappa shape index (κ1) is 8.59. The van der Waals surface area contributed by atoms with Gasteiger partial charge in [-0.15, -0.1) is 11.8 Å². The molecule has 0 spiro atoms. The second kappa shape index (κ2) is 4.38. The van der Waals surface area contributed by atoms with Crippen LogP contribution in [0, 0.1) is 0 Å². The summed E-state index contributed by atoms with van der Waals surface area (Å²) in [6.45, 7) is 0.0135. The number of hydrogen-bond donors (Lipinski definition) is 2. The third-order valence-corrected chi connectivity index (χ3v) is 2.21. The third-order valence-electron chi connectivity index (χ3n) is 1.21. The number of nitrogens with two attached hydrogens (primary N) is 1. The molecule has 0 aliphatic carbocycles. The first-order valence-electron chi connectivity index (χ1n) is 3.41. The Morgan fingerprint density at radius 2 is 2.00 bits per heavy atom. The standard InChI is InChI=1S/C8H11NOS/c9-8(6-10)11-7-4-2-1-3-5-7/h1-5,8,10H,6,9H2. The van der Waals surface area contributed by atoms with Crippen LogP contribution in [0.3, 0.4) is 0 Å². The predicted octanol–water partition coefficient (Wildman–Crippen LogP) is 1.06. The predicted molar refractivity (Wildman–Crippen MR) is 47.4 cm³/mol. The zero-order valence-electron chi connectivity index (χ0n) is 6.10. The van der Waals surface area contributed by atoms with Crippen molar-refractivity contribution >= 4 is 11.8 Å². The molecule has 11 heavy (non-hydrogen) atoms. The van der Waals surface area contributed by atoms with Crippen molar-refractivity contribution in [3.05, 3.63) is 30.3 Å². The van der Waals surface area contributed by atoms with E-state index in [1.54, 1.807) is 0 Å². The Hall–Kier alpha value is -0.510. The number of benzene rings is 1. The van der Waals surface area contributed by atoms with Crippen molar-refractivity contribution in [3.8, 4) is 0 Å². The lowest BCUT2D eigenvalue weighted by atomic mass is 10.4. The number of aliphatic hydroxyl groups excluding tert-OH is 1. The van der Waals surface area contributed by atoms with Gasteiger partial charge in [-0.2, -0.15) is 0 Å². The Morgan fingerprint density at radius 3 is 2.55 bits per heavy atom. The molecule has 0 aliphatic rings. The fraction of sp³-hybridized carbons (Fsp3) is 0.250. The first-order chi connectivity index (χ1) is 5.33. The molecule has 1 atom stereocenters. The highest BCUT2D eigenvalue weighted by Gasteiger charge is 2.00. The average Bonchev–Trinajstić information content (AvgIpc) is 2.06. The maximum absolute atomic E-state index is 8.65. The highest BCUT2D eigenvalue weighted by atomic mass is 32.2. The van der Waals surface area contributed by atoms with Gasteiger partial charge in [0.2, 0.25) is 0 Å². The minimum absolute atomic E-state index is 0.0135. The second-order valence-electron chi connectivity index (χ2n) is 2.15. The summed E-state index contributed by atoms with van der Waals surface area (Å²) >= 11 is 1.47. The van der Waals surface area contributed by atoms with Gasteiger partial charge in [-0.05, 0) is 12.1 Å². The van der Waals surface area contributed by atoms with E-state index in [0.29, 0.717) is 0 Å². The van der Waals surface area contributed by atoms with Crippen LogP contribution in [0.15, 0.2) is 35.2 Å². The van der Waals surface area contributed by atoms with Gasteiger partial charge < -0.3 is 10.8 Å². The SMILES string of the molecule is NC(CO)Sc1ccccc1. The van der Waals surface area contributed by atoms with Gasteiger partial charge in [-0.25, -0.2) is 0 Å². The molecule has 0 heterocycles. The van der Waals surface area contributed by atoms with Crippen LogP contribution in [0.2, 0.25) is 0 Å². The summed E-state index contributed by atoms with van der Waals surface area (Å²) in [6, 6.07) is 9.80. The Morgan fingerprint density at radius 1 is 1.36 bits per heavy atom. The molecule has 1 rings (SSSR count). The van der Waals surface area contributed by atoms with Gasteiger partial charge in [0.25, 0.3) is 0 Å². The molecule has 2 nitrogen and oxygen atoms in total. The van der Waals surface area contributed by atoms with E-state index in [9.17, 15) is 0 Å². The van der Waals surface area contributed by atoms with Crippen molar-refractivity contribution in [1.29, 1.82) is 0 Å². The molecule has 0 aromatic heterocycles. The van der Waals surface area contributed by atoms with Crippen LogP contribution in [-0.2, 0) is 0 Å². The average molecular weight is 169 g/mol. The Bertz CT molecular complexity index is 203. The summed E-state index contributed by atoms with van der Waals surface area (Å²) in [7, 11) is 0. The van der Waals surface area contributed by atoms with E-state index in [2.05, 4.69) is 0 Å². The monoisotopic (exact) mass is 169 g/mol. The Labute approximate surface area is 70.4 Å². The highest BCUT2D eigenvalue weighted by molar-refractivity contribution is 7.99. The normalized spacial score (nSPS) is 12.9. The fourth-order valence-electron chi connectivity index (χ4n) is 0.711. The van der Waals surface area contributed by atoms with Crippen LogP contribution in [0.1, 0.15) is 0 Å². The van der Waals surface area contributed by atoms with Gasteiger partial charge in [0.1, 0.15) is 0 Å². The van der Waals surface area contributed by atoms with E-state index >= 15 is 0 Å². The van der Waals surface area contributed by atoms with Crippen molar-refractivity contribution in [2.45, 2.75) is 10.3 Å². The molecule has 0 saturated carbocycles. The molecule has 0 amide bonds. The molecule has 0 radical (unpaired) electrons. The van der Waals surface area contributed by atoms with Crippen LogP contribution in [0.4, 0.5) is 0 Å². The van der Waals surface area contributed by atoms with Gasteiger partial charge in [-0.1, -0.05) is 18.2 Å². The zero-order valence-corrected chi connectivity index (χ0v) is 6.92. The van der Waals surface area contributed by atoms with Crippen molar-refractivity contribution in [3.63, 3.8) is 0 Å².